The molecule has 1 saturated heterocycles. The number of carbonyl (C=O) groups is 10. The van der Waals surface area contributed by atoms with Crippen LogP contribution in [0.4, 0.5) is 0 Å². The Hall–Kier alpha value is -5.38. The number of carboxylic acid groups (broad SMARTS) is 4. The van der Waals surface area contributed by atoms with Crippen LogP contribution in [-0.4, -0.2) is 145 Å². The van der Waals surface area contributed by atoms with Crippen molar-refractivity contribution in [3.63, 3.8) is 0 Å². The first kappa shape index (κ1) is 43.6. The lowest BCUT2D eigenvalue weighted by Crippen LogP contribution is -2.60. The van der Waals surface area contributed by atoms with Gasteiger partial charge >= 0.3 is 23.9 Å². The SMILES string of the molecule is CC(C)C[C@H](NC(=O)[C@H](CC(=O)O)NC(=O)[C@H](CO)NC(=O)[C@H](C)NC(=O)[C@@H](N)CC(=O)O)C(=O)N[C@@H](CC(=O)O)C(=O)N1CCC[C@H]1C(=O)O. The number of aliphatic carboxylic acids is 4. The van der Waals surface area contributed by atoms with E-state index >= 15 is 0 Å². The highest BCUT2D eigenvalue weighted by Gasteiger charge is 2.40. The van der Waals surface area contributed by atoms with E-state index in [0.717, 1.165) is 11.8 Å². The van der Waals surface area contributed by atoms with Crippen molar-refractivity contribution in [1.82, 2.24) is 31.5 Å². The minimum absolute atomic E-state index is 0.00565. The Kier molecular flexibility index (Phi) is 17.4. The third kappa shape index (κ3) is 14.6. The number of amides is 6. The number of aliphatic hydroxyl groups is 1. The fourth-order valence-corrected chi connectivity index (χ4v) is 4.92. The topological polar surface area (TPSA) is 361 Å². The number of nitrogens with zero attached hydrogens (tertiary/aromatic N) is 1. The van der Waals surface area contributed by atoms with Gasteiger partial charge in [-0.15, -0.1) is 0 Å². The third-order valence-electron chi connectivity index (χ3n) is 7.46. The standard InChI is InChI=1S/C29H45N7O15/c1-12(2)7-15(25(46)34-17(10-22(42)43)28(49)36-6-4-5-19(36)29(50)51)32-26(47)16(9-21(40)41)33-27(48)18(11-37)35-23(44)13(3)31-24(45)14(30)8-20(38)39/h12-19,37H,4-11,30H2,1-3H3,(H,31,45)(H,32,47)(H,33,48)(H,34,46)(H,35,44)(H,38,39)(H,40,41)(H,42,43)(H,50,51)/t13-,14-,15-,16-,17-,18-,19-/m0/s1. The van der Waals surface area contributed by atoms with Gasteiger partial charge in [0.25, 0.3) is 0 Å². The smallest absolute Gasteiger partial charge is 0.326 e. The molecule has 1 aliphatic rings. The lowest BCUT2D eigenvalue weighted by atomic mass is 10.0. The molecule has 7 atom stereocenters. The lowest BCUT2D eigenvalue weighted by molar-refractivity contribution is -0.150. The van der Waals surface area contributed by atoms with Gasteiger partial charge in [0, 0.05) is 6.54 Å². The molecule has 0 aromatic carbocycles. The van der Waals surface area contributed by atoms with E-state index in [0.29, 0.717) is 6.42 Å². The summed E-state index contributed by atoms with van der Waals surface area (Å²) in [6.45, 7) is 3.35. The highest BCUT2D eigenvalue weighted by atomic mass is 16.4. The number of hydrogen-bond donors (Lipinski definition) is 11. The maximum absolute atomic E-state index is 13.4. The van der Waals surface area contributed by atoms with Crippen LogP contribution in [0.25, 0.3) is 0 Å². The minimum Gasteiger partial charge on any atom is -0.481 e. The molecular weight excluding hydrogens is 686 g/mol. The molecule has 1 aliphatic heterocycles. The van der Waals surface area contributed by atoms with Gasteiger partial charge in [0.2, 0.25) is 35.4 Å². The number of carbonyl (C=O) groups excluding carboxylic acids is 6. The van der Waals surface area contributed by atoms with Gasteiger partial charge < -0.3 is 62.8 Å². The largest absolute Gasteiger partial charge is 0.481 e. The monoisotopic (exact) mass is 731 g/mol. The molecule has 6 amide bonds. The molecular formula is C29H45N7O15. The molecule has 0 saturated carbocycles. The van der Waals surface area contributed by atoms with Gasteiger partial charge in [-0.05, 0) is 32.1 Å². The molecule has 0 unspecified atom stereocenters. The highest BCUT2D eigenvalue weighted by molar-refractivity contribution is 5.98. The van der Waals surface area contributed by atoms with Crippen LogP contribution in [0.15, 0.2) is 0 Å². The van der Waals surface area contributed by atoms with Crippen LogP contribution in [0.5, 0.6) is 0 Å². The van der Waals surface area contributed by atoms with Gasteiger partial charge in [-0.25, -0.2) is 4.79 Å². The van der Waals surface area contributed by atoms with Crippen molar-refractivity contribution in [1.29, 1.82) is 0 Å². The number of nitrogens with one attached hydrogen (secondary N) is 5. The maximum Gasteiger partial charge on any atom is 0.326 e. The Morgan fingerprint density at radius 3 is 1.63 bits per heavy atom. The van der Waals surface area contributed by atoms with Gasteiger partial charge in [0.1, 0.15) is 36.3 Å². The minimum atomic E-state index is -1.91. The van der Waals surface area contributed by atoms with Crippen molar-refractivity contribution in [3.8, 4) is 0 Å². The van der Waals surface area contributed by atoms with Crippen LogP contribution in [0, 0.1) is 5.92 Å². The Morgan fingerprint density at radius 2 is 1.12 bits per heavy atom. The van der Waals surface area contributed by atoms with Crippen molar-refractivity contribution in [3.05, 3.63) is 0 Å². The van der Waals surface area contributed by atoms with E-state index in [1.54, 1.807) is 13.8 Å². The molecule has 1 heterocycles. The van der Waals surface area contributed by atoms with Crippen molar-refractivity contribution in [2.45, 2.75) is 102 Å². The predicted octanol–water partition coefficient (Wildman–Crippen LogP) is -4.70. The van der Waals surface area contributed by atoms with Gasteiger partial charge in [-0.3, -0.25) is 43.2 Å². The molecule has 0 spiro atoms. The first-order valence-corrected chi connectivity index (χ1v) is 15.7. The maximum atomic E-state index is 13.4. The second kappa shape index (κ2) is 20.3. The molecule has 22 heteroatoms. The summed E-state index contributed by atoms with van der Waals surface area (Å²) in [5.74, 6) is -12.7. The molecule has 0 aliphatic carbocycles. The summed E-state index contributed by atoms with van der Waals surface area (Å²) >= 11 is 0. The van der Waals surface area contributed by atoms with Crippen molar-refractivity contribution >= 4 is 59.3 Å². The number of nitrogens with two attached hydrogens (primary N) is 1. The molecule has 0 bridgehead atoms. The Morgan fingerprint density at radius 1 is 0.647 bits per heavy atom. The summed E-state index contributed by atoms with van der Waals surface area (Å²) < 4.78 is 0. The lowest BCUT2D eigenvalue weighted by Gasteiger charge is -2.29. The van der Waals surface area contributed by atoms with Crippen LogP contribution < -0.4 is 32.3 Å². The van der Waals surface area contributed by atoms with Crippen LogP contribution >= 0.6 is 0 Å². The summed E-state index contributed by atoms with van der Waals surface area (Å²) in [6, 6.07) is -11.1. The third-order valence-corrected chi connectivity index (χ3v) is 7.46. The Bertz CT molecular complexity index is 1360. The molecule has 22 nitrogen and oxygen atoms in total. The molecule has 0 radical (unpaired) electrons. The fraction of sp³-hybridized carbons (Fsp3) is 0.655. The zero-order valence-electron chi connectivity index (χ0n) is 28.1. The van der Waals surface area contributed by atoms with E-state index in [9.17, 15) is 68.4 Å². The van der Waals surface area contributed by atoms with Crippen molar-refractivity contribution in [2.75, 3.05) is 13.2 Å². The average Bonchev–Trinajstić information content (AvgIpc) is 3.51. The average molecular weight is 732 g/mol. The van der Waals surface area contributed by atoms with E-state index in [-0.39, 0.29) is 25.3 Å². The number of carboxylic acids is 4. The predicted molar refractivity (Wildman–Crippen MR) is 169 cm³/mol. The molecule has 51 heavy (non-hydrogen) atoms. The van der Waals surface area contributed by atoms with Crippen molar-refractivity contribution < 1.29 is 73.5 Å². The summed E-state index contributed by atoms with van der Waals surface area (Å²) in [6.07, 6.45) is -2.44. The number of aliphatic hydroxyl groups excluding tert-OH is 1. The molecule has 286 valence electrons. The normalized spacial score (nSPS) is 17.5. The molecule has 0 aromatic heterocycles. The van der Waals surface area contributed by atoms with Crippen LogP contribution in [0.1, 0.15) is 59.3 Å². The second-order valence-electron chi connectivity index (χ2n) is 12.2. The molecule has 0 aromatic rings. The summed E-state index contributed by atoms with van der Waals surface area (Å²) in [7, 11) is 0. The van der Waals surface area contributed by atoms with E-state index in [1.807, 2.05) is 0 Å². The number of hydrogen-bond acceptors (Lipinski definition) is 12. The molecule has 12 N–H and O–H groups in total. The fourth-order valence-electron chi connectivity index (χ4n) is 4.92. The van der Waals surface area contributed by atoms with E-state index in [1.165, 1.54) is 0 Å². The first-order valence-electron chi connectivity index (χ1n) is 15.7. The van der Waals surface area contributed by atoms with Gasteiger partial charge in [-0.2, -0.15) is 0 Å². The summed E-state index contributed by atoms with van der Waals surface area (Å²) in [4.78, 5) is 124. The second-order valence-corrected chi connectivity index (χ2v) is 12.2. The molecule has 1 fully saturated rings. The van der Waals surface area contributed by atoms with Crippen LogP contribution in [0.3, 0.4) is 0 Å². The van der Waals surface area contributed by atoms with E-state index in [4.69, 9.17) is 10.8 Å². The zero-order valence-corrected chi connectivity index (χ0v) is 28.1. The van der Waals surface area contributed by atoms with Gasteiger partial charge in [0.05, 0.1) is 31.9 Å². The van der Waals surface area contributed by atoms with Gasteiger partial charge in [-0.1, -0.05) is 13.8 Å². The van der Waals surface area contributed by atoms with Crippen LogP contribution in [0.2, 0.25) is 0 Å². The van der Waals surface area contributed by atoms with E-state index in [2.05, 4.69) is 26.6 Å². The number of rotatable bonds is 21. The first-order chi connectivity index (χ1) is 23.7. The molecule has 1 rings (SSSR count). The Labute approximate surface area is 290 Å². The van der Waals surface area contributed by atoms with Crippen LogP contribution in [-0.2, 0) is 47.9 Å². The quantitative estimate of drug-likeness (QED) is 0.0528. The van der Waals surface area contributed by atoms with E-state index < -0.39 is 127 Å². The highest BCUT2D eigenvalue weighted by Crippen LogP contribution is 2.19. The van der Waals surface area contributed by atoms with Crippen molar-refractivity contribution in [2.24, 2.45) is 11.7 Å². The zero-order chi connectivity index (χ0) is 39.2. The number of likely N-dealkylation sites (tertiary alicyclic amines) is 1. The summed E-state index contributed by atoms with van der Waals surface area (Å²) in [5, 5.41) is 57.5. The van der Waals surface area contributed by atoms with Gasteiger partial charge in [0.15, 0.2) is 0 Å². The Balaban J connectivity index is 3.13. The summed E-state index contributed by atoms with van der Waals surface area (Å²) in [5.41, 5.74) is 5.44.